The molecule has 2 fully saturated rings. The lowest BCUT2D eigenvalue weighted by Crippen LogP contribution is -2.48. The molecule has 0 bridgehead atoms. The molecule has 158 valence electrons. The van der Waals surface area contributed by atoms with Gasteiger partial charge in [-0.05, 0) is 55.5 Å². The Labute approximate surface area is 177 Å². The van der Waals surface area contributed by atoms with E-state index in [0.717, 1.165) is 37.0 Å². The Hall–Kier alpha value is -1.82. The van der Waals surface area contributed by atoms with Crippen molar-refractivity contribution in [2.75, 3.05) is 13.1 Å². The second-order valence-corrected chi connectivity index (χ2v) is 9.84. The molecule has 0 spiro atoms. The van der Waals surface area contributed by atoms with Gasteiger partial charge >= 0.3 is 0 Å². The SMILES string of the molecule is CCn1c(C(=O)N2CCC(C(=O)N[C@@H]3CCC[C@@H](C)[C@H]3C)CC2)cc2sccc21. The Kier molecular flexibility index (Phi) is 6.00. The van der Waals surface area contributed by atoms with Crippen molar-refractivity contribution < 1.29 is 9.59 Å². The summed E-state index contributed by atoms with van der Waals surface area (Å²) in [6.45, 7) is 8.76. The number of thiophene rings is 1. The second kappa shape index (κ2) is 8.50. The zero-order chi connectivity index (χ0) is 20.5. The smallest absolute Gasteiger partial charge is 0.270 e. The lowest BCUT2D eigenvalue weighted by atomic mass is 9.78. The quantitative estimate of drug-likeness (QED) is 0.798. The Morgan fingerprint density at radius 3 is 2.66 bits per heavy atom. The van der Waals surface area contributed by atoms with Gasteiger partial charge in [-0.3, -0.25) is 9.59 Å². The van der Waals surface area contributed by atoms with Crippen LogP contribution in [0.3, 0.4) is 0 Å². The molecule has 1 saturated heterocycles. The zero-order valence-corrected chi connectivity index (χ0v) is 18.6. The van der Waals surface area contributed by atoms with Gasteiger partial charge in [-0.2, -0.15) is 0 Å². The van der Waals surface area contributed by atoms with E-state index in [9.17, 15) is 9.59 Å². The predicted molar refractivity (Wildman–Crippen MR) is 118 cm³/mol. The highest BCUT2D eigenvalue weighted by molar-refractivity contribution is 7.17. The van der Waals surface area contributed by atoms with Gasteiger partial charge in [-0.25, -0.2) is 0 Å². The number of nitrogens with zero attached hydrogens (tertiary/aromatic N) is 2. The first-order chi connectivity index (χ1) is 14.0. The number of fused-ring (bicyclic) bond motifs is 1. The van der Waals surface area contributed by atoms with Crippen LogP contribution < -0.4 is 5.32 Å². The summed E-state index contributed by atoms with van der Waals surface area (Å²) in [5.41, 5.74) is 1.92. The molecule has 3 heterocycles. The molecule has 0 aromatic carbocycles. The monoisotopic (exact) mass is 415 g/mol. The van der Waals surface area contributed by atoms with E-state index in [-0.39, 0.29) is 17.7 Å². The van der Waals surface area contributed by atoms with E-state index in [2.05, 4.69) is 42.1 Å². The fraction of sp³-hybridized carbons (Fsp3) is 0.652. The maximum absolute atomic E-state index is 13.1. The van der Waals surface area contributed by atoms with Gasteiger partial charge in [0, 0.05) is 31.6 Å². The normalized spacial score (nSPS) is 26.0. The fourth-order valence-corrected chi connectivity index (χ4v) is 5.91. The molecule has 2 aliphatic rings. The molecule has 0 radical (unpaired) electrons. The number of amides is 2. The van der Waals surface area contributed by atoms with Gasteiger partial charge in [0.25, 0.3) is 5.91 Å². The molecule has 1 saturated carbocycles. The number of rotatable bonds is 4. The molecule has 3 atom stereocenters. The summed E-state index contributed by atoms with van der Waals surface area (Å²) >= 11 is 1.68. The Bertz CT molecular complexity index is 878. The van der Waals surface area contributed by atoms with Gasteiger partial charge in [0.05, 0.1) is 10.2 Å². The molecule has 0 unspecified atom stereocenters. The van der Waals surface area contributed by atoms with Crippen LogP contribution in [-0.4, -0.2) is 40.4 Å². The van der Waals surface area contributed by atoms with Crippen LogP contribution in [0.4, 0.5) is 0 Å². The summed E-state index contributed by atoms with van der Waals surface area (Å²) in [5, 5.41) is 5.40. The first-order valence-electron chi connectivity index (χ1n) is 11.2. The van der Waals surface area contributed by atoms with Gasteiger partial charge in [0.15, 0.2) is 0 Å². The molecule has 1 N–H and O–H groups in total. The third-order valence-electron chi connectivity index (χ3n) is 7.25. The van der Waals surface area contributed by atoms with Crippen LogP contribution in [0.5, 0.6) is 0 Å². The van der Waals surface area contributed by atoms with E-state index in [1.807, 2.05) is 11.0 Å². The third kappa shape index (κ3) is 3.96. The molecule has 4 rings (SSSR count). The van der Waals surface area contributed by atoms with Gasteiger partial charge < -0.3 is 14.8 Å². The molecular formula is C23H33N3O2S. The van der Waals surface area contributed by atoms with Crippen molar-refractivity contribution in [1.82, 2.24) is 14.8 Å². The van der Waals surface area contributed by atoms with Crippen LogP contribution in [0.15, 0.2) is 17.5 Å². The van der Waals surface area contributed by atoms with Crippen molar-refractivity contribution in [3.05, 3.63) is 23.2 Å². The topological polar surface area (TPSA) is 54.3 Å². The van der Waals surface area contributed by atoms with Crippen molar-refractivity contribution in [3.8, 4) is 0 Å². The van der Waals surface area contributed by atoms with Crippen LogP contribution in [-0.2, 0) is 11.3 Å². The van der Waals surface area contributed by atoms with E-state index in [0.29, 0.717) is 31.0 Å². The van der Waals surface area contributed by atoms with Crippen LogP contribution in [0, 0.1) is 17.8 Å². The Morgan fingerprint density at radius 2 is 1.93 bits per heavy atom. The minimum Gasteiger partial charge on any atom is -0.353 e. The highest BCUT2D eigenvalue weighted by atomic mass is 32.1. The number of carbonyl (C=O) groups excluding carboxylic acids is 2. The maximum atomic E-state index is 13.1. The standard InChI is InChI=1S/C23H33N3O2S/c1-4-26-19-10-13-29-21(19)14-20(26)23(28)25-11-8-17(9-12-25)22(27)24-18-7-5-6-15(2)16(18)3/h10,13-18H,4-9,11-12H2,1-3H3,(H,24,27)/t15-,16-,18-/m1/s1. The highest BCUT2D eigenvalue weighted by Gasteiger charge is 2.33. The lowest BCUT2D eigenvalue weighted by Gasteiger charge is -2.37. The number of likely N-dealkylation sites (tertiary alicyclic amines) is 1. The number of hydrogen-bond acceptors (Lipinski definition) is 3. The third-order valence-corrected chi connectivity index (χ3v) is 8.10. The Balaban J connectivity index is 1.35. The van der Waals surface area contributed by atoms with E-state index in [1.54, 1.807) is 11.3 Å². The fourth-order valence-electron chi connectivity index (χ4n) is 5.09. The summed E-state index contributed by atoms with van der Waals surface area (Å²) < 4.78 is 3.28. The van der Waals surface area contributed by atoms with E-state index < -0.39 is 0 Å². The minimum absolute atomic E-state index is 0.0323. The van der Waals surface area contributed by atoms with E-state index >= 15 is 0 Å². The predicted octanol–water partition coefficient (Wildman–Crippen LogP) is 4.52. The van der Waals surface area contributed by atoms with Crippen LogP contribution in [0.25, 0.3) is 10.2 Å². The maximum Gasteiger partial charge on any atom is 0.270 e. The second-order valence-electron chi connectivity index (χ2n) is 8.89. The summed E-state index contributed by atoms with van der Waals surface area (Å²) in [5.74, 6) is 1.55. The number of hydrogen-bond donors (Lipinski definition) is 1. The number of carbonyl (C=O) groups is 2. The molecule has 2 aromatic heterocycles. The first-order valence-corrected chi connectivity index (χ1v) is 12.0. The molecule has 2 aromatic rings. The number of piperidine rings is 1. The van der Waals surface area contributed by atoms with E-state index in [1.165, 1.54) is 17.5 Å². The van der Waals surface area contributed by atoms with Crippen molar-refractivity contribution in [2.45, 2.75) is 65.5 Å². The lowest BCUT2D eigenvalue weighted by molar-refractivity contribution is -0.127. The molecular weight excluding hydrogens is 382 g/mol. The minimum atomic E-state index is 0.0323. The van der Waals surface area contributed by atoms with E-state index in [4.69, 9.17) is 0 Å². The Morgan fingerprint density at radius 1 is 1.17 bits per heavy atom. The average molecular weight is 416 g/mol. The van der Waals surface area contributed by atoms with Crippen molar-refractivity contribution >= 4 is 33.4 Å². The number of aryl methyl sites for hydroxylation is 1. The first kappa shape index (κ1) is 20.5. The van der Waals surface area contributed by atoms with Crippen molar-refractivity contribution in [3.63, 3.8) is 0 Å². The summed E-state index contributed by atoms with van der Waals surface area (Å²) in [6.07, 6.45) is 5.09. The van der Waals surface area contributed by atoms with Crippen LogP contribution in [0.1, 0.15) is 63.4 Å². The molecule has 1 aliphatic carbocycles. The zero-order valence-electron chi connectivity index (χ0n) is 17.8. The van der Waals surface area contributed by atoms with Gasteiger partial charge in [0.1, 0.15) is 5.69 Å². The van der Waals surface area contributed by atoms with Crippen LogP contribution >= 0.6 is 11.3 Å². The molecule has 5 nitrogen and oxygen atoms in total. The molecule has 6 heteroatoms. The average Bonchev–Trinajstić information content (AvgIpc) is 3.32. The van der Waals surface area contributed by atoms with Gasteiger partial charge in [-0.1, -0.05) is 26.7 Å². The highest BCUT2D eigenvalue weighted by Crippen LogP contribution is 2.31. The van der Waals surface area contributed by atoms with Crippen LogP contribution in [0.2, 0.25) is 0 Å². The summed E-state index contributed by atoms with van der Waals surface area (Å²) in [6, 6.07) is 4.42. The molecule has 2 amide bonds. The number of aromatic nitrogens is 1. The largest absolute Gasteiger partial charge is 0.353 e. The molecule has 1 aliphatic heterocycles. The van der Waals surface area contributed by atoms with Crippen molar-refractivity contribution in [2.24, 2.45) is 17.8 Å². The van der Waals surface area contributed by atoms with Gasteiger partial charge in [0.2, 0.25) is 5.91 Å². The van der Waals surface area contributed by atoms with Gasteiger partial charge in [-0.15, -0.1) is 11.3 Å². The molecule has 29 heavy (non-hydrogen) atoms. The van der Waals surface area contributed by atoms with Crippen molar-refractivity contribution in [1.29, 1.82) is 0 Å². The summed E-state index contributed by atoms with van der Waals surface area (Å²) in [7, 11) is 0. The summed E-state index contributed by atoms with van der Waals surface area (Å²) in [4.78, 5) is 27.9. The number of nitrogens with one attached hydrogen (secondary N) is 1.